The minimum atomic E-state index is -0.500. The Hall–Kier alpha value is -1.84. The number of ether oxygens (including phenoxy) is 1. The lowest BCUT2D eigenvalue weighted by Crippen LogP contribution is -1.99. The van der Waals surface area contributed by atoms with Crippen LogP contribution in [-0.4, -0.2) is 17.5 Å². The second-order valence-corrected chi connectivity index (χ2v) is 2.79. The first-order chi connectivity index (χ1) is 7.13. The Kier molecular flexibility index (Phi) is 3.85. The lowest BCUT2D eigenvalue weighted by atomic mass is 10.1. The lowest BCUT2D eigenvalue weighted by molar-refractivity contribution is 0.0920. The quantitative estimate of drug-likeness (QED) is 0.471. The van der Waals surface area contributed by atoms with Crippen LogP contribution in [0.4, 0.5) is 4.39 Å². The summed E-state index contributed by atoms with van der Waals surface area (Å²) >= 11 is 0. The average molecular weight is 210 g/mol. The number of hydrogen-bond acceptors (Lipinski definition) is 3. The van der Waals surface area contributed by atoms with Crippen molar-refractivity contribution in [2.45, 2.75) is 6.92 Å². The van der Waals surface area contributed by atoms with Crippen molar-refractivity contribution in [2.24, 2.45) is 0 Å². The highest BCUT2D eigenvalue weighted by molar-refractivity contribution is 6.04. The molecule has 0 amide bonds. The maximum Gasteiger partial charge on any atom is 0.280 e. The van der Waals surface area contributed by atoms with Gasteiger partial charge in [0.2, 0.25) is 0 Å². The number of rotatable bonds is 4. The van der Waals surface area contributed by atoms with Crippen molar-refractivity contribution >= 4 is 5.78 Å². The summed E-state index contributed by atoms with van der Waals surface area (Å²) in [6.07, 6.45) is 0.915. The summed E-state index contributed by atoms with van der Waals surface area (Å²) in [6, 6.07) is 5.22. The minimum Gasteiger partial charge on any atom is -0.481 e. The highest BCUT2D eigenvalue weighted by Gasteiger charge is 2.05. The molecule has 1 rings (SSSR count). The van der Waals surface area contributed by atoms with Gasteiger partial charge in [-0.3, -0.25) is 4.79 Å². The first-order valence-corrected chi connectivity index (χ1v) is 4.47. The molecule has 0 saturated carbocycles. The lowest BCUT2D eigenvalue weighted by Gasteiger charge is -2.00. The topological polar surface area (TPSA) is 46.5 Å². The molecule has 3 nitrogen and oxygen atoms in total. The molecule has 0 atom stereocenters. The summed E-state index contributed by atoms with van der Waals surface area (Å²) in [6.45, 7) is 1.94. The number of halogens is 1. The van der Waals surface area contributed by atoms with E-state index in [4.69, 9.17) is 5.11 Å². The fourth-order valence-electron chi connectivity index (χ4n) is 1.03. The molecule has 0 aliphatic carbocycles. The molecule has 0 unspecified atom stereocenters. The maximum absolute atomic E-state index is 12.7. The molecule has 0 radical (unpaired) electrons. The van der Waals surface area contributed by atoms with Crippen LogP contribution in [0.1, 0.15) is 17.3 Å². The molecule has 80 valence electrons. The Morgan fingerprint density at radius 2 is 2.33 bits per heavy atom. The van der Waals surface area contributed by atoms with Gasteiger partial charge in [-0.25, -0.2) is 4.39 Å². The molecule has 1 aromatic rings. The number of aliphatic hydroxyl groups is 1. The van der Waals surface area contributed by atoms with Gasteiger partial charge >= 0.3 is 0 Å². The van der Waals surface area contributed by atoms with Crippen molar-refractivity contribution in [3.05, 3.63) is 47.7 Å². The number of carbonyl (C=O) groups is 1. The number of carbonyl (C=O) groups excluding carboxylic acids is 1. The maximum atomic E-state index is 12.7. The predicted molar refractivity (Wildman–Crippen MR) is 53.1 cm³/mol. The number of hydrogen-bond donors (Lipinski definition) is 1. The summed E-state index contributed by atoms with van der Waals surface area (Å²) in [5.41, 5.74) is 0.168. The Morgan fingerprint density at radius 1 is 1.60 bits per heavy atom. The number of allylic oxidation sites excluding steroid dienone is 1. The van der Waals surface area contributed by atoms with Gasteiger partial charge in [0, 0.05) is 5.56 Å². The van der Waals surface area contributed by atoms with Crippen LogP contribution in [0.25, 0.3) is 0 Å². The Labute approximate surface area is 86.8 Å². The van der Waals surface area contributed by atoms with Crippen LogP contribution in [0.2, 0.25) is 0 Å². The first kappa shape index (κ1) is 11.2. The van der Waals surface area contributed by atoms with Gasteiger partial charge in [-0.1, -0.05) is 12.1 Å². The predicted octanol–water partition coefficient (Wildman–Crippen LogP) is 2.44. The fraction of sp³-hybridized carbons (Fsp3) is 0.182. The molecule has 0 aliphatic heterocycles. The van der Waals surface area contributed by atoms with Gasteiger partial charge in [0.15, 0.2) is 5.78 Å². The SMILES string of the molecule is CCO/C(O)=C/C(=O)c1cccc(F)c1. The molecule has 0 heterocycles. The summed E-state index contributed by atoms with van der Waals surface area (Å²) in [5.74, 6) is -1.46. The van der Waals surface area contributed by atoms with E-state index in [9.17, 15) is 9.18 Å². The fourth-order valence-corrected chi connectivity index (χ4v) is 1.03. The van der Waals surface area contributed by atoms with E-state index in [0.29, 0.717) is 0 Å². The largest absolute Gasteiger partial charge is 0.481 e. The molecule has 0 saturated heterocycles. The van der Waals surface area contributed by atoms with Gasteiger partial charge in [0.1, 0.15) is 5.82 Å². The molecule has 0 fully saturated rings. The number of ketones is 1. The summed E-state index contributed by atoms with van der Waals surface area (Å²) < 4.78 is 17.4. The summed E-state index contributed by atoms with van der Waals surface area (Å²) in [5, 5.41) is 9.07. The Morgan fingerprint density at radius 3 is 2.93 bits per heavy atom. The first-order valence-electron chi connectivity index (χ1n) is 4.47. The summed E-state index contributed by atoms with van der Waals surface area (Å²) in [4.78, 5) is 11.4. The van der Waals surface area contributed by atoms with Gasteiger partial charge in [0.25, 0.3) is 5.95 Å². The van der Waals surface area contributed by atoms with Crippen LogP contribution in [-0.2, 0) is 4.74 Å². The molecule has 15 heavy (non-hydrogen) atoms. The van der Waals surface area contributed by atoms with E-state index in [1.54, 1.807) is 6.92 Å². The van der Waals surface area contributed by atoms with E-state index in [0.717, 1.165) is 12.1 Å². The Balaban J connectivity index is 2.81. The second kappa shape index (κ2) is 5.14. The molecule has 4 heteroatoms. The van der Waals surface area contributed by atoms with Gasteiger partial charge in [0.05, 0.1) is 12.7 Å². The van der Waals surface area contributed by atoms with Crippen molar-refractivity contribution in [1.82, 2.24) is 0 Å². The van der Waals surface area contributed by atoms with E-state index >= 15 is 0 Å². The molecule has 0 aliphatic rings. The van der Waals surface area contributed by atoms with Crippen LogP contribution in [0, 0.1) is 5.82 Å². The molecule has 1 N–H and O–H groups in total. The smallest absolute Gasteiger partial charge is 0.280 e. The van der Waals surface area contributed by atoms with E-state index < -0.39 is 17.5 Å². The zero-order valence-electron chi connectivity index (χ0n) is 8.24. The standard InChI is InChI=1S/C11H11FO3/c1-2-15-11(14)7-10(13)8-4-3-5-9(12)6-8/h3-7,14H,2H2,1H3/b11-7+. The molecular weight excluding hydrogens is 199 g/mol. The molecule has 0 bridgehead atoms. The van der Waals surface area contributed by atoms with Crippen LogP contribution < -0.4 is 0 Å². The number of benzene rings is 1. The molecule has 0 spiro atoms. The monoisotopic (exact) mass is 210 g/mol. The van der Waals surface area contributed by atoms with Crippen LogP contribution in [0.5, 0.6) is 0 Å². The van der Waals surface area contributed by atoms with Crippen LogP contribution >= 0.6 is 0 Å². The minimum absolute atomic E-state index is 0.168. The Bertz CT molecular complexity index is 385. The van der Waals surface area contributed by atoms with Crippen molar-refractivity contribution < 1.29 is 19.0 Å². The molecular formula is C11H11FO3. The number of aliphatic hydroxyl groups excluding tert-OH is 1. The average Bonchev–Trinajstić information content (AvgIpc) is 2.18. The van der Waals surface area contributed by atoms with Crippen LogP contribution in [0.3, 0.4) is 0 Å². The van der Waals surface area contributed by atoms with E-state index in [-0.39, 0.29) is 12.2 Å². The van der Waals surface area contributed by atoms with Crippen molar-refractivity contribution in [3.8, 4) is 0 Å². The van der Waals surface area contributed by atoms with Gasteiger partial charge in [-0.2, -0.15) is 0 Å². The zero-order chi connectivity index (χ0) is 11.3. The third-order valence-corrected chi connectivity index (χ3v) is 1.66. The zero-order valence-corrected chi connectivity index (χ0v) is 8.24. The highest BCUT2D eigenvalue weighted by atomic mass is 19.1. The summed E-state index contributed by atoms with van der Waals surface area (Å²) in [7, 11) is 0. The second-order valence-electron chi connectivity index (χ2n) is 2.79. The van der Waals surface area contributed by atoms with Crippen molar-refractivity contribution in [3.63, 3.8) is 0 Å². The third kappa shape index (κ3) is 3.42. The highest BCUT2D eigenvalue weighted by Crippen LogP contribution is 2.06. The van der Waals surface area contributed by atoms with Gasteiger partial charge in [-0.15, -0.1) is 0 Å². The van der Waals surface area contributed by atoms with Crippen molar-refractivity contribution in [1.29, 1.82) is 0 Å². The molecule has 0 aromatic heterocycles. The van der Waals surface area contributed by atoms with Crippen LogP contribution in [0.15, 0.2) is 36.3 Å². The van der Waals surface area contributed by atoms with Crippen molar-refractivity contribution in [2.75, 3.05) is 6.61 Å². The third-order valence-electron chi connectivity index (χ3n) is 1.66. The van der Waals surface area contributed by atoms with Gasteiger partial charge in [-0.05, 0) is 19.1 Å². The van der Waals surface area contributed by atoms with E-state index in [1.165, 1.54) is 18.2 Å². The van der Waals surface area contributed by atoms with Gasteiger partial charge < -0.3 is 9.84 Å². The normalized spacial score (nSPS) is 11.2. The molecule has 1 aromatic carbocycles. The van der Waals surface area contributed by atoms with E-state index in [2.05, 4.69) is 4.74 Å². The van der Waals surface area contributed by atoms with E-state index in [1.807, 2.05) is 0 Å².